The average molecular weight is 429 g/mol. The van der Waals surface area contributed by atoms with Crippen LogP contribution >= 0.6 is 15.9 Å². The highest BCUT2D eigenvalue weighted by molar-refractivity contribution is 9.10. The Hall–Kier alpha value is -2.78. The first-order chi connectivity index (χ1) is 12.9. The van der Waals surface area contributed by atoms with Crippen molar-refractivity contribution in [1.82, 2.24) is 0 Å². The Kier molecular flexibility index (Phi) is 7.03. The fraction of sp³-hybridized carbons (Fsp3) is 0.238. The molecule has 0 aliphatic rings. The Bertz CT molecular complexity index is 930. The molecule has 0 fully saturated rings. The summed E-state index contributed by atoms with van der Waals surface area (Å²) in [6.07, 6.45) is 1.52. The maximum atomic E-state index is 12.6. The number of methoxy groups -OCH3 is 1. The van der Waals surface area contributed by atoms with Crippen molar-refractivity contribution in [3.63, 3.8) is 0 Å². The van der Waals surface area contributed by atoms with E-state index in [0.717, 1.165) is 11.1 Å². The minimum atomic E-state index is -0.462. The van der Waals surface area contributed by atoms with Crippen molar-refractivity contribution in [2.45, 2.75) is 20.8 Å². The number of ether oxygens (including phenoxy) is 2. The first-order valence-corrected chi connectivity index (χ1v) is 9.20. The maximum absolute atomic E-state index is 12.6. The Morgan fingerprint density at radius 1 is 1.33 bits per heavy atom. The first kappa shape index (κ1) is 20.5. The third kappa shape index (κ3) is 4.89. The lowest BCUT2D eigenvalue weighted by Crippen LogP contribution is -2.14. The van der Waals surface area contributed by atoms with Gasteiger partial charge in [-0.25, -0.2) is 0 Å². The van der Waals surface area contributed by atoms with Gasteiger partial charge in [0.2, 0.25) is 0 Å². The highest BCUT2D eigenvalue weighted by atomic mass is 79.9. The first-order valence-electron chi connectivity index (χ1n) is 8.41. The Balaban J connectivity index is 2.36. The lowest BCUT2D eigenvalue weighted by Gasteiger charge is -2.12. The number of hydrogen-bond donors (Lipinski definition) is 1. The summed E-state index contributed by atoms with van der Waals surface area (Å²) < 4.78 is 11.6. The Labute approximate surface area is 167 Å². The van der Waals surface area contributed by atoms with Crippen LogP contribution in [0.3, 0.4) is 0 Å². The van der Waals surface area contributed by atoms with Crippen LogP contribution in [0, 0.1) is 25.2 Å². The molecule has 2 rings (SSSR count). The normalized spacial score (nSPS) is 10.9. The number of aryl methyl sites for hydroxylation is 1. The van der Waals surface area contributed by atoms with E-state index in [9.17, 15) is 10.1 Å². The van der Waals surface area contributed by atoms with Crippen LogP contribution in [-0.2, 0) is 4.79 Å². The van der Waals surface area contributed by atoms with E-state index in [4.69, 9.17) is 9.47 Å². The molecule has 0 aromatic heterocycles. The van der Waals surface area contributed by atoms with Crippen molar-refractivity contribution >= 4 is 33.6 Å². The van der Waals surface area contributed by atoms with Gasteiger partial charge < -0.3 is 14.8 Å². The van der Waals surface area contributed by atoms with E-state index in [1.807, 2.05) is 45.0 Å². The molecule has 2 aromatic carbocycles. The summed E-state index contributed by atoms with van der Waals surface area (Å²) in [5, 5.41) is 12.3. The van der Waals surface area contributed by atoms with E-state index in [0.29, 0.717) is 33.8 Å². The summed E-state index contributed by atoms with van der Waals surface area (Å²) in [5.41, 5.74) is 3.37. The number of carbonyl (C=O) groups is 1. The smallest absolute Gasteiger partial charge is 0.266 e. The molecule has 0 aliphatic carbocycles. The molecular formula is C21H21BrN2O3. The monoisotopic (exact) mass is 428 g/mol. The van der Waals surface area contributed by atoms with Gasteiger partial charge in [0.25, 0.3) is 5.91 Å². The quantitative estimate of drug-likeness (QED) is 0.517. The molecular weight excluding hydrogens is 408 g/mol. The van der Waals surface area contributed by atoms with Gasteiger partial charge in [0.1, 0.15) is 11.6 Å². The molecule has 0 heterocycles. The van der Waals surface area contributed by atoms with E-state index >= 15 is 0 Å². The van der Waals surface area contributed by atoms with Crippen LogP contribution in [0.5, 0.6) is 11.5 Å². The Morgan fingerprint density at radius 3 is 2.70 bits per heavy atom. The molecule has 0 radical (unpaired) electrons. The van der Waals surface area contributed by atoms with Crippen molar-refractivity contribution in [3.05, 3.63) is 57.1 Å². The third-order valence-electron chi connectivity index (χ3n) is 4.06. The number of carbonyl (C=O) groups excluding carboxylic acids is 1. The number of nitrogens with zero attached hydrogens (tertiary/aromatic N) is 1. The van der Waals surface area contributed by atoms with Gasteiger partial charge in [-0.3, -0.25) is 4.79 Å². The van der Waals surface area contributed by atoms with Crippen LogP contribution in [0.1, 0.15) is 23.6 Å². The summed E-state index contributed by atoms with van der Waals surface area (Å²) in [6.45, 7) is 6.23. The van der Waals surface area contributed by atoms with Crippen molar-refractivity contribution in [3.8, 4) is 17.6 Å². The molecule has 6 heteroatoms. The SMILES string of the molecule is CCOc1cc(/C=C(\C#N)C(=O)Nc2cccc(C)c2C)cc(Br)c1OC. The number of hydrogen-bond acceptors (Lipinski definition) is 4. The van der Waals surface area contributed by atoms with Crippen LogP contribution in [0.15, 0.2) is 40.4 Å². The van der Waals surface area contributed by atoms with Crippen molar-refractivity contribution in [2.24, 2.45) is 0 Å². The van der Waals surface area contributed by atoms with Crippen molar-refractivity contribution in [2.75, 3.05) is 19.0 Å². The number of anilines is 1. The predicted molar refractivity (Wildman–Crippen MR) is 110 cm³/mol. The zero-order valence-corrected chi connectivity index (χ0v) is 17.3. The van der Waals surface area contributed by atoms with Crippen molar-refractivity contribution in [1.29, 1.82) is 5.26 Å². The second kappa shape index (κ2) is 9.24. The highest BCUT2D eigenvalue weighted by Crippen LogP contribution is 2.37. The zero-order valence-electron chi connectivity index (χ0n) is 15.7. The lowest BCUT2D eigenvalue weighted by atomic mass is 10.1. The molecule has 27 heavy (non-hydrogen) atoms. The molecule has 1 N–H and O–H groups in total. The fourth-order valence-corrected chi connectivity index (χ4v) is 3.15. The lowest BCUT2D eigenvalue weighted by molar-refractivity contribution is -0.112. The van der Waals surface area contributed by atoms with Crippen molar-refractivity contribution < 1.29 is 14.3 Å². The number of benzene rings is 2. The van der Waals surface area contributed by atoms with Crippen LogP contribution in [0.2, 0.25) is 0 Å². The van der Waals surface area contributed by atoms with E-state index in [1.54, 1.807) is 19.2 Å². The van der Waals surface area contributed by atoms with Gasteiger partial charge in [-0.15, -0.1) is 0 Å². The molecule has 5 nitrogen and oxygen atoms in total. The minimum absolute atomic E-state index is 0.00424. The van der Waals surface area contributed by atoms with E-state index in [-0.39, 0.29) is 5.57 Å². The largest absolute Gasteiger partial charge is 0.492 e. The standard InChI is InChI=1S/C21H21BrN2O3/c1-5-27-19-11-15(10-17(22)20(19)26-4)9-16(12-23)21(25)24-18-8-6-7-13(2)14(18)3/h6-11H,5H2,1-4H3,(H,24,25)/b16-9+. The number of nitrogens with one attached hydrogen (secondary N) is 1. The number of rotatable bonds is 6. The molecule has 0 saturated carbocycles. The second-order valence-electron chi connectivity index (χ2n) is 5.84. The minimum Gasteiger partial charge on any atom is -0.492 e. The van der Waals surface area contributed by atoms with Gasteiger partial charge in [-0.2, -0.15) is 5.26 Å². The summed E-state index contributed by atoms with van der Waals surface area (Å²) in [7, 11) is 1.55. The molecule has 1 amide bonds. The summed E-state index contributed by atoms with van der Waals surface area (Å²) in [5.74, 6) is 0.635. The van der Waals surface area contributed by atoms with Gasteiger partial charge in [0.15, 0.2) is 11.5 Å². The summed E-state index contributed by atoms with van der Waals surface area (Å²) >= 11 is 3.43. The van der Waals surface area contributed by atoms with Crippen LogP contribution in [-0.4, -0.2) is 19.6 Å². The number of nitriles is 1. The van der Waals surface area contributed by atoms with Crippen LogP contribution in [0.25, 0.3) is 6.08 Å². The van der Waals surface area contributed by atoms with Gasteiger partial charge in [-0.05, 0) is 77.7 Å². The van der Waals surface area contributed by atoms with E-state index < -0.39 is 5.91 Å². The van der Waals surface area contributed by atoms with Gasteiger partial charge >= 0.3 is 0 Å². The average Bonchev–Trinajstić information content (AvgIpc) is 2.63. The molecule has 0 atom stereocenters. The summed E-state index contributed by atoms with van der Waals surface area (Å²) in [4.78, 5) is 12.6. The Morgan fingerprint density at radius 2 is 2.07 bits per heavy atom. The van der Waals surface area contributed by atoms with E-state index in [2.05, 4.69) is 21.2 Å². The maximum Gasteiger partial charge on any atom is 0.266 e. The number of halogens is 1. The van der Waals surface area contributed by atoms with Gasteiger partial charge in [0, 0.05) is 5.69 Å². The van der Waals surface area contributed by atoms with Gasteiger partial charge in [0.05, 0.1) is 18.2 Å². The van der Waals surface area contributed by atoms with Crippen LogP contribution < -0.4 is 14.8 Å². The molecule has 2 aromatic rings. The fourth-order valence-electron chi connectivity index (χ4n) is 2.52. The topological polar surface area (TPSA) is 71.3 Å². The van der Waals surface area contributed by atoms with E-state index in [1.165, 1.54) is 6.08 Å². The number of amides is 1. The third-order valence-corrected chi connectivity index (χ3v) is 4.65. The molecule has 0 aliphatic heterocycles. The predicted octanol–water partition coefficient (Wildman–Crippen LogP) is 5.02. The summed E-state index contributed by atoms with van der Waals surface area (Å²) in [6, 6.07) is 11.1. The molecule has 140 valence electrons. The zero-order chi connectivity index (χ0) is 20.0. The molecule has 0 saturated heterocycles. The van der Waals surface area contributed by atoms with Crippen LogP contribution in [0.4, 0.5) is 5.69 Å². The molecule has 0 spiro atoms. The molecule has 0 unspecified atom stereocenters. The highest BCUT2D eigenvalue weighted by Gasteiger charge is 2.14. The second-order valence-corrected chi connectivity index (χ2v) is 6.69. The van der Waals surface area contributed by atoms with Gasteiger partial charge in [-0.1, -0.05) is 12.1 Å². The molecule has 0 bridgehead atoms.